The lowest BCUT2D eigenvalue weighted by atomic mass is 10.0. The van der Waals surface area contributed by atoms with E-state index in [0.717, 1.165) is 30.2 Å². The number of hydrogen-bond donors (Lipinski definition) is 3. The first-order chi connectivity index (χ1) is 26.4. The van der Waals surface area contributed by atoms with Crippen molar-refractivity contribution in [1.29, 1.82) is 0 Å². The Morgan fingerprint density at radius 3 is 2.05 bits per heavy atom. The first-order valence-corrected chi connectivity index (χ1v) is 19.4. The van der Waals surface area contributed by atoms with Gasteiger partial charge in [0.25, 0.3) is 5.91 Å². The van der Waals surface area contributed by atoms with Crippen LogP contribution in [-0.2, 0) is 40.4 Å². The molecule has 1 aliphatic rings. The molecule has 0 spiro atoms. The zero-order valence-corrected chi connectivity index (χ0v) is 31.2. The van der Waals surface area contributed by atoms with E-state index in [2.05, 4.69) is 5.32 Å². The van der Waals surface area contributed by atoms with Crippen molar-refractivity contribution in [2.45, 2.75) is 25.4 Å². The van der Waals surface area contributed by atoms with Crippen LogP contribution in [0.3, 0.4) is 0 Å². The summed E-state index contributed by atoms with van der Waals surface area (Å²) in [5.41, 5.74) is 3.40. The minimum atomic E-state index is -3.74. The number of fused-ring (bicyclic) bond motifs is 1. The zero-order chi connectivity index (χ0) is 39.5. The summed E-state index contributed by atoms with van der Waals surface area (Å²) in [5, 5.41) is 21.1. The molecule has 5 rings (SSSR count). The lowest BCUT2D eigenvalue weighted by Gasteiger charge is -2.25. The van der Waals surface area contributed by atoms with Crippen LogP contribution in [0.25, 0.3) is 22.3 Å². The summed E-state index contributed by atoms with van der Waals surface area (Å²) >= 11 is 0. The quantitative estimate of drug-likeness (QED) is 0.0409. The van der Waals surface area contributed by atoms with E-state index in [9.17, 15) is 32.3 Å². The number of nitrogens with one attached hydrogen (secondary N) is 1. The number of allylic oxidation sites excluding steroid dienone is 1. The van der Waals surface area contributed by atoms with Crippen molar-refractivity contribution >= 4 is 44.3 Å². The number of benzene rings is 3. The number of aliphatic hydroxyl groups excluding tert-OH is 1. The third kappa shape index (κ3) is 11.2. The monoisotopic (exact) mass is 782 g/mol. The second kappa shape index (κ2) is 19.0. The van der Waals surface area contributed by atoms with Gasteiger partial charge < -0.3 is 38.9 Å². The Bertz CT molecular complexity index is 2110. The maximum atomic E-state index is 13.7. The number of anilines is 1. The van der Waals surface area contributed by atoms with Crippen molar-refractivity contribution in [3.05, 3.63) is 101 Å². The van der Waals surface area contributed by atoms with Gasteiger partial charge in [-0.2, -0.15) is 0 Å². The molecular formula is C39H43FN2O12S. The summed E-state index contributed by atoms with van der Waals surface area (Å²) in [7, 11) is -2.23. The van der Waals surface area contributed by atoms with Gasteiger partial charge in [-0.3, -0.25) is 13.9 Å². The van der Waals surface area contributed by atoms with Crippen LogP contribution >= 0.6 is 0 Å². The fourth-order valence-electron chi connectivity index (χ4n) is 5.74. The van der Waals surface area contributed by atoms with E-state index in [0.29, 0.717) is 60.3 Å². The molecule has 0 atom stereocenters. The second-order valence-corrected chi connectivity index (χ2v) is 14.6. The largest absolute Gasteiger partial charge is 0.502 e. The van der Waals surface area contributed by atoms with Gasteiger partial charge in [-0.1, -0.05) is 24.3 Å². The van der Waals surface area contributed by atoms with Gasteiger partial charge in [0, 0.05) is 35.7 Å². The Labute approximate surface area is 317 Å². The van der Waals surface area contributed by atoms with Gasteiger partial charge in [0.05, 0.1) is 76.9 Å². The minimum Gasteiger partial charge on any atom is -0.502 e. The molecule has 3 aromatic carbocycles. The highest BCUT2D eigenvalue weighted by Crippen LogP contribution is 2.48. The van der Waals surface area contributed by atoms with Crippen LogP contribution in [0.15, 0.2) is 76.9 Å². The Hall–Kier alpha value is -5.13. The zero-order valence-electron chi connectivity index (χ0n) is 30.4. The van der Waals surface area contributed by atoms with E-state index in [-0.39, 0.29) is 56.1 Å². The average Bonchev–Trinajstić information content (AvgIpc) is 3.94. The average molecular weight is 783 g/mol. The second-order valence-electron chi connectivity index (χ2n) is 12.7. The lowest BCUT2D eigenvalue weighted by Crippen LogP contribution is -2.34. The molecule has 55 heavy (non-hydrogen) atoms. The van der Waals surface area contributed by atoms with Crippen LogP contribution in [0.5, 0.6) is 0 Å². The SMILES string of the molecule is CNC(=O)c1c(-c2ccc(F)cc2)oc2cc(N(CCOCCOCCOCCOCc3ccc(C(=O)/C=C(\O)C(=O)O)cc3)S(C)(=O)=O)c(C3CC3)cc12. The topological polar surface area (TPSA) is 191 Å². The number of hydrogen-bond acceptors (Lipinski definition) is 11. The highest BCUT2D eigenvalue weighted by atomic mass is 32.2. The van der Waals surface area contributed by atoms with Crippen molar-refractivity contribution < 1.29 is 60.8 Å². The summed E-state index contributed by atoms with van der Waals surface area (Å²) in [6, 6.07) is 15.4. The van der Waals surface area contributed by atoms with E-state index in [1.807, 2.05) is 6.07 Å². The molecule has 3 N–H and O–H groups in total. The smallest absolute Gasteiger partial charge is 0.371 e. The normalized spacial score (nSPS) is 13.3. The number of carbonyl (C=O) groups is 3. The maximum absolute atomic E-state index is 13.7. The molecule has 0 saturated heterocycles. The molecule has 1 saturated carbocycles. The number of ketones is 1. The Morgan fingerprint density at radius 1 is 0.891 bits per heavy atom. The van der Waals surface area contributed by atoms with E-state index >= 15 is 0 Å². The number of halogens is 1. The molecule has 0 aliphatic heterocycles. The fraction of sp³-hybridized carbons (Fsp3) is 0.359. The molecule has 16 heteroatoms. The molecule has 294 valence electrons. The summed E-state index contributed by atoms with van der Waals surface area (Å²) in [5.74, 6) is -3.67. The van der Waals surface area contributed by atoms with Crippen molar-refractivity contribution in [2.24, 2.45) is 0 Å². The highest BCUT2D eigenvalue weighted by molar-refractivity contribution is 7.92. The van der Waals surface area contributed by atoms with Crippen LogP contribution in [0.1, 0.15) is 50.6 Å². The number of aliphatic hydroxyl groups is 1. The number of carboxylic acids is 1. The molecule has 0 radical (unpaired) electrons. The highest BCUT2D eigenvalue weighted by Gasteiger charge is 2.33. The van der Waals surface area contributed by atoms with Crippen molar-refractivity contribution in [3.63, 3.8) is 0 Å². The molecule has 14 nitrogen and oxygen atoms in total. The molecule has 1 aromatic heterocycles. The standard InChI is InChI=1S/C39H43FN2O12S/c1-41-38(45)36-31-21-30(26-7-8-26)32(22-35(31)54-37(36)28-9-11-29(40)12-10-28)42(55(2,48)49)13-14-50-15-16-51-17-18-52-19-20-53-24-25-3-5-27(6-4-25)33(43)23-34(44)39(46)47/h3-6,9-12,21-23,26,44H,7-8,13-20,24H2,1-2H3,(H,41,45)(H,46,47)/b34-23-. The molecule has 4 aromatic rings. The van der Waals surface area contributed by atoms with E-state index < -0.39 is 33.4 Å². The van der Waals surface area contributed by atoms with Gasteiger partial charge in [0.2, 0.25) is 15.8 Å². The van der Waals surface area contributed by atoms with Gasteiger partial charge >= 0.3 is 5.97 Å². The van der Waals surface area contributed by atoms with Gasteiger partial charge in [0.1, 0.15) is 17.2 Å². The first-order valence-electron chi connectivity index (χ1n) is 17.5. The van der Waals surface area contributed by atoms with Crippen molar-refractivity contribution in [3.8, 4) is 11.3 Å². The predicted molar refractivity (Wildman–Crippen MR) is 200 cm³/mol. The van der Waals surface area contributed by atoms with E-state index in [1.165, 1.54) is 47.8 Å². The molecule has 0 unspecified atom stereocenters. The summed E-state index contributed by atoms with van der Waals surface area (Å²) in [6.07, 6.45) is 3.53. The van der Waals surface area contributed by atoms with Gasteiger partial charge in [-0.05, 0) is 60.2 Å². The van der Waals surface area contributed by atoms with Crippen LogP contribution in [-0.4, -0.2) is 102 Å². The summed E-state index contributed by atoms with van der Waals surface area (Å²) in [6.45, 7) is 2.18. The van der Waals surface area contributed by atoms with Crippen molar-refractivity contribution in [1.82, 2.24) is 5.32 Å². The summed E-state index contributed by atoms with van der Waals surface area (Å²) < 4.78 is 69.7. The molecule has 1 heterocycles. The molecular weight excluding hydrogens is 739 g/mol. The van der Waals surface area contributed by atoms with Crippen LogP contribution < -0.4 is 9.62 Å². The number of rotatable bonds is 22. The number of carbonyl (C=O) groups excluding carboxylic acids is 2. The fourth-order valence-corrected chi connectivity index (χ4v) is 6.66. The number of amides is 1. The van der Waals surface area contributed by atoms with Crippen LogP contribution in [0.2, 0.25) is 0 Å². The predicted octanol–water partition coefficient (Wildman–Crippen LogP) is 5.22. The van der Waals surface area contributed by atoms with Crippen molar-refractivity contribution in [2.75, 3.05) is 70.4 Å². The lowest BCUT2D eigenvalue weighted by molar-refractivity contribution is -0.135. The Kier molecular flexibility index (Phi) is 14.1. The van der Waals surface area contributed by atoms with Crippen LogP contribution in [0.4, 0.5) is 10.1 Å². The minimum absolute atomic E-state index is 0.0396. The number of nitrogens with zero attached hydrogens (tertiary/aromatic N) is 1. The number of carboxylic acid groups (broad SMARTS) is 1. The van der Waals surface area contributed by atoms with E-state index in [4.69, 9.17) is 28.5 Å². The Balaban J connectivity index is 1.05. The van der Waals surface area contributed by atoms with Gasteiger partial charge in [-0.15, -0.1) is 0 Å². The van der Waals surface area contributed by atoms with E-state index in [1.54, 1.807) is 18.2 Å². The third-order valence-corrected chi connectivity index (χ3v) is 9.81. The Morgan fingerprint density at radius 2 is 1.49 bits per heavy atom. The number of sulfonamides is 1. The van der Waals surface area contributed by atoms with Gasteiger partial charge in [-0.25, -0.2) is 17.6 Å². The number of ether oxygens (including phenoxy) is 4. The first kappa shape index (κ1) is 41.0. The third-order valence-electron chi connectivity index (χ3n) is 8.63. The molecule has 0 bridgehead atoms. The van der Waals surface area contributed by atoms with Gasteiger partial charge in [0.15, 0.2) is 5.78 Å². The molecule has 1 amide bonds. The summed E-state index contributed by atoms with van der Waals surface area (Å²) in [4.78, 5) is 35.7. The maximum Gasteiger partial charge on any atom is 0.371 e. The van der Waals surface area contributed by atoms with Crippen LogP contribution in [0, 0.1) is 5.82 Å². The number of aliphatic carboxylic acids is 1. The molecule has 1 aliphatic carbocycles. The number of furan rings is 1. The molecule has 1 fully saturated rings.